The lowest BCUT2D eigenvalue weighted by Gasteiger charge is -2.01. The van der Waals surface area contributed by atoms with Crippen LogP contribution in [0.3, 0.4) is 0 Å². The van der Waals surface area contributed by atoms with Gasteiger partial charge in [-0.1, -0.05) is 6.08 Å². The van der Waals surface area contributed by atoms with Gasteiger partial charge in [-0.15, -0.1) is 0 Å². The fourth-order valence-electron chi connectivity index (χ4n) is 0.422. The van der Waals surface area contributed by atoms with Crippen molar-refractivity contribution in [2.45, 2.75) is 26.9 Å². The number of amides is 1. The van der Waals surface area contributed by atoms with Crippen molar-refractivity contribution in [1.82, 2.24) is 0 Å². The van der Waals surface area contributed by atoms with Crippen molar-refractivity contribution >= 4 is 12.3 Å². The van der Waals surface area contributed by atoms with Crippen LogP contribution in [0, 0.1) is 0 Å². The molecule has 3 nitrogen and oxygen atoms in total. The van der Waals surface area contributed by atoms with E-state index in [2.05, 4.69) is 4.99 Å². The first-order valence-electron chi connectivity index (χ1n) is 3.52. The second kappa shape index (κ2) is 5.65. The molecule has 1 amide bonds. The molecule has 0 unspecified atom stereocenters. The van der Waals surface area contributed by atoms with E-state index in [9.17, 15) is 4.79 Å². The summed E-state index contributed by atoms with van der Waals surface area (Å²) >= 11 is 0. The average Bonchev–Trinajstić information content (AvgIpc) is 1.86. The van der Waals surface area contributed by atoms with Crippen molar-refractivity contribution in [1.29, 1.82) is 0 Å². The Morgan fingerprint density at radius 3 is 2.64 bits per heavy atom. The smallest absolute Gasteiger partial charge is 0.433 e. The van der Waals surface area contributed by atoms with Gasteiger partial charge in [-0.25, -0.2) is 4.79 Å². The minimum absolute atomic E-state index is 0.106. The quantitative estimate of drug-likeness (QED) is 0.573. The summed E-state index contributed by atoms with van der Waals surface area (Å²) < 4.78 is 4.73. The van der Waals surface area contributed by atoms with Crippen LogP contribution in [0.25, 0.3) is 0 Å². The minimum atomic E-state index is -0.543. The van der Waals surface area contributed by atoms with Crippen molar-refractivity contribution in [3.05, 3.63) is 12.2 Å². The predicted molar refractivity (Wildman–Crippen MR) is 44.9 cm³/mol. The minimum Gasteiger partial charge on any atom is -0.445 e. The molecule has 0 spiro atoms. The van der Waals surface area contributed by atoms with Gasteiger partial charge < -0.3 is 4.74 Å². The molecule has 0 radical (unpaired) electrons. The van der Waals surface area contributed by atoms with Crippen molar-refractivity contribution in [2.75, 3.05) is 0 Å². The van der Waals surface area contributed by atoms with Crippen LogP contribution in [-0.2, 0) is 4.74 Å². The van der Waals surface area contributed by atoms with Crippen LogP contribution in [-0.4, -0.2) is 18.4 Å². The predicted octanol–water partition coefficient (Wildman–Crippen LogP) is 2.18. The highest BCUT2D eigenvalue weighted by molar-refractivity contribution is 5.84. The molecule has 0 atom stereocenters. The molecule has 0 heterocycles. The van der Waals surface area contributed by atoms with Gasteiger partial charge in [0.05, 0.1) is 6.10 Å². The van der Waals surface area contributed by atoms with E-state index in [1.807, 2.05) is 6.92 Å². The van der Waals surface area contributed by atoms with E-state index in [4.69, 9.17) is 4.74 Å². The van der Waals surface area contributed by atoms with E-state index < -0.39 is 6.09 Å². The molecule has 0 bridgehead atoms. The third-order valence-electron chi connectivity index (χ3n) is 0.795. The number of allylic oxidation sites excluding steroid dienone is 2. The normalized spacial score (nSPS) is 11.6. The Bertz CT molecular complexity index is 171. The zero-order valence-corrected chi connectivity index (χ0v) is 7.07. The van der Waals surface area contributed by atoms with Crippen LogP contribution in [0.2, 0.25) is 0 Å². The molecule has 0 saturated heterocycles. The first-order chi connectivity index (χ1) is 5.16. The molecule has 0 N–H and O–H groups in total. The number of hydrogen-bond donors (Lipinski definition) is 0. The van der Waals surface area contributed by atoms with E-state index in [-0.39, 0.29) is 6.10 Å². The molecule has 0 fully saturated rings. The zero-order valence-electron chi connectivity index (χ0n) is 7.07. The number of hydrogen-bond acceptors (Lipinski definition) is 2. The number of aliphatic imine (C=N–C) groups is 1. The number of carbonyl (C=O) groups is 1. The summed E-state index contributed by atoms with van der Waals surface area (Å²) in [5.41, 5.74) is 0. The lowest BCUT2D eigenvalue weighted by Crippen LogP contribution is -2.06. The fourth-order valence-corrected chi connectivity index (χ4v) is 0.422. The van der Waals surface area contributed by atoms with Crippen molar-refractivity contribution in [3.63, 3.8) is 0 Å². The monoisotopic (exact) mass is 155 g/mol. The molecule has 0 aromatic heterocycles. The van der Waals surface area contributed by atoms with Gasteiger partial charge in [0.1, 0.15) is 0 Å². The van der Waals surface area contributed by atoms with Crippen molar-refractivity contribution in [2.24, 2.45) is 4.99 Å². The van der Waals surface area contributed by atoms with Gasteiger partial charge in [0.15, 0.2) is 0 Å². The topological polar surface area (TPSA) is 38.7 Å². The molecule has 0 aliphatic carbocycles. The van der Waals surface area contributed by atoms with E-state index >= 15 is 0 Å². The first-order valence-corrected chi connectivity index (χ1v) is 3.52. The highest BCUT2D eigenvalue weighted by Crippen LogP contribution is 1.90. The maximum absolute atomic E-state index is 10.7. The summed E-state index contributed by atoms with van der Waals surface area (Å²) in [4.78, 5) is 14.2. The van der Waals surface area contributed by atoms with Crippen LogP contribution >= 0.6 is 0 Å². The van der Waals surface area contributed by atoms with E-state index in [0.717, 1.165) is 0 Å². The molecule has 3 heteroatoms. The summed E-state index contributed by atoms with van der Waals surface area (Å²) in [7, 11) is 0. The summed E-state index contributed by atoms with van der Waals surface area (Å²) in [5.74, 6) is 0. The van der Waals surface area contributed by atoms with E-state index in [1.165, 1.54) is 6.21 Å². The maximum atomic E-state index is 10.7. The highest BCUT2D eigenvalue weighted by Gasteiger charge is 1.99. The van der Waals surface area contributed by atoms with E-state index in [0.29, 0.717) is 0 Å². The number of carbonyl (C=O) groups excluding carboxylic acids is 1. The molecule has 0 aromatic rings. The van der Waals surface area contributed by atoms with E-state index in [1.54, 1.807) is 26.0 Å². The van der Waals surface area contributed by atoms with Gasteiger partial charge >= 0.3 is 6.09 Å². The first kappa shape index (κ1) is 9.88. The van der Waals surface area contributed by atoms with Gasteiger partial charge in [0, 0.05) is 6.21 Å². The van der Waals surface area contributed by atoms with Crippen LogP contribution in [0.1, 0.15) is 20.8 Å². The van der Waals surface area contributed by atoms with Crippen LogP contribution in [0.4, 0.5) is 4.79 Å². The second-order valence-corrected chi connectivity index (χ2v) is 2.24. The Morgan fingerprint density at radius 1 is 1.55 bits per heavy atom. The zero-order chi connectivity index (χ0) is 8.69. The number of rotatable bonds is 2. The largest absolute Gasteiger partial charge is 0.445 e. The Kier molecular flexibility index (Phi) is 5.07. The third-order valence-corrected chi connectivity index (χ3v) is 0.795. The Morgan fingerprint density at radius 2 is 2.18 bits per heavy atom. The fraction of sp³-hybridized carbons (Fsp3) is 0.500. The molecular weight excluding hydrogens is 142 g/mol. The lowest BCUT2D eigenvalue weighted by molar-refractivity contribution is 0.126. The Balaban J connectivity index is 3.69. The average molecular weight is 155 g/mol. The van der Waals surface area contributed by atoms with Gasteiger partial charge in [-0.3, -0.25) is 0 Å². The molecule has 0 aliphatic rings. The van der Waals surface area contributed by atoms with Gasteiger partial charge in [-0.2, -0.15) is 4.99 Å². The van der Waals surface area contributed by atoms with Gasteiger partial charge in [0.2, 0.25) is 0 Å². The van der Waals surface area contributed by atoms with Crippen LogP contribution in [0.15, 0.2) is 17.1 Å². The Labute approximate surface area is 66.8 Å². The molecule has 11 heavy (non-hydrogen) atoms. The highest BCUT2D eigenvalue weighted by atomic mass is 16.6. The maximum Gasteiger partial charge on any atom is 0.433 e. The molecular formula is C8H13NO2. The van der Waals surface area contributed by atoms with Crippen molar-refractivity contribution < 1.29 is 9.53 Å². The molecule has 62 valence electrons. The van der Waals surface area contributed by atoms with Crippen LogP contribution < -0.4 is 0 Å². The number of nitrogens with zero attached hydrogens (tertiary/aromatic N) is 1. The van der Waals surface area contributed by atoms with Gasteiger partial charge in [-0.05, 0) is 26.8 Å². The van der Waals surface area contributed by atoms with Gasteiger partial charge in [0.25, 0.3) is 0 Å². The summed E-state index contributed by atoms with van der Waals surface area (Å²) in [6.45, 7) is 5.41. The summed E-state index contributed by atoms with van der Waals surface area (Å²) in [6, 6.07) is 0. The summed E-state index contributed by atoms with van der Waals surface area (Å²) in [5, 5.41) is 0. The van der Waals surface area contributed by atoms with Crippen molar-refractivity contribution in [3.8, 4) is 0 Å². The Hall–Kier alpha value is -1.12. The summed E-state index contributed by atoms with van der Waals surface area (Å²) in [6.07, 6.45) is 4.21. The molecule has 0 saturated carbocycles. The lowest BCUT2D eigenvalue weighted by atomic mass is 10.5. The SMILES string of the molecule is CC=CC=NC(=O)OC(C)C. The third kappa shape index (κ3) is 6.77. The second-order valence-electron chi connectivity index (χ2n) is 2.24. The molecule has 0 aromatic carbocycles. The number of ether oxygens (including phenoxy) is 1. The van der Waals surface area contributed by atoms with Crippen LogP contribution in [0.5, 0.6) is 0 Å². The molecule has 0 rings (SSSR count). The standard InChI is InChI=1S/C8H13NO2/c1-4-5-6-9-8(10)11-7(2)3/h4-7H,1-3H3. The molecule has 0 aliphatic heterocycles.